The standard InChI is InChI=1S/C42H30BrGeN/c43-33-16-12-21-36(29-33)44(34-17-6-2-7-18-34,35-19-8-3-9-20-35)37-22-13-23-38(30-37)45-41-25-11-10-24-39(41)40-28-32(26-27-42(40)45)31-14-4-1-5-15-31/h1-30H/i1D,2D,3D,4D,5D,6D,7D,8D,9D,10D,11D,12D,13D,14D,15D,16D,17D,18D,19D,20D,21D,22D,23D,24D,25D,26D,27D,28D,29D,30D. The van der Waals surface area contributed by atoms with Gasteiger partial charge in [0.15, 0.2) is 0 Å². The summed E-state index contributed by atoms with van der Waals surface area (Å²) in [6, 6.07) is -33.0. The molecule has 0 fully saturated rings. The third kappa shape index (κ3) is 4.77. The van der Waals surface area contributed by atoms with Gasteiger partial charge in [-0.2, -0.15) is 0 Å². The Morgan fingerprint density at radius 3 is 1.69 bits per heavy atom. The van der Waals surface area contributed by atoms with E-state index in [1.54, 1.807) is 0 Å². The van der Waals surface area contributed by atoms with E-state index in [2.05, 4.69) is 15.9 Å². The van der Waals surface area contributed by atoms with Crippen LogP contribution in [0.15, 0.2) is 186 Å². The third-order valence-electron chi connectivity index (χ3n) is 6.84. The van der Waals surface area contributed by atoms with E-state index >= 15 is 0 Å². The van der Waals surface area contributed by atoms with Crippen molar-refractivity contribution in [2.75, 3.05) is 0 Å². The summed E-state index contributed by atoms with van der Waals surface area (Å²) in [5.41, 5.74) is -4.37. The van der Waals surface area contributed by atoms with Crippen molar-refractivity contribution in [2.45, 2.75) is 0 Å². The van der Waals surface area contributed by atoms with Crippen LogP contribution in [0.2, 0.25) is 0 Å². The summed E-state index contributed by atoms with van der Waals surface area (Å²) < 4.78 is 268. The van der Waals surface area contributed by atoms with Crippen LogP contribution in [-0.2, 0) is 0 Å². The molecule has 0 spiro atoms. The van der Waals surface area contributed by atoms with Gasteiger partial charge < -0.3 is 0 Å². The van der Waals surface area contributed by atoms with Crippen molar-refractivity contribution >= 4 is 68.6 Å². The molecule has 0 aliphatic rings. The molecular formula is C42H30BrGeN. The minimum atomic E-state index is -7.32. The molecule has 0 radical (unpaired) electrons. The normalized spacial score (nSPS) is 21.0. The zero-order chi connectivity index (χ0) is 56.3. The number of hydrogen-bond acceptors (Lipinski definition) is 0. The minimum absolute atomic E-state index is 0.567. The molecule has 8 rings (SSSR count). The molecule has 7 aromatic carbocycles. The first kappa shape index (κ1) is 10.4. The van der Waals surface area contributed by atoms with Crippen molar-refractivity contribution in [1.82, 2.24) is 4.57 Å². The first-order valence-corrected chi connectivity index (χ1v) is 17.8. The number of para-hydroxylation sites is 1. The van der Waals surface area contributed by atoms with Crippen LogP contribution in [0.1, 0.15) is 41.1 Å². The van der Waals surface area contributed by atoms with Gasteiger partial charge in [0.1, 0.15) is 0 Å². The zero-order valence-corrected chi connectivity index (χ0v) is 26.0. The number of hydrogen-bond donors (Lipinski definition) is 0. The number of rotatable bonds is 6. The Bertz CT molecular complexity index is 3700. The van der Waals surface area contributed by atoms with Crippen LogP contribution in [0, 0.1) is 0 Å². The topological polar surface area (TPSA) is 4.93 Å². The van der Waals surface area contributed by atoms with Gasteiger partial charge in [-0.1, -0.05) is 0 Å². The van der Waals surface area contributed by atoms with E-state index in [9.17, 15) is 19.2 Å². The van der Waals surface area contributed by atoms with Gasteiger partial charge in [-0.05, 0) is 0 Å². The maximum atomic E-state index is 10.3. The molecule has 0 unspecified atom stereocenters. The number of benzene rings is 7. The Hall–Kier alpha value is -4.64. The molecule has 1 nitrogen and oxygen atoms in total. The van der Waals surface area contributed by atoms with Gasteiger partial charge in [0.2, 0.25) is 0 Å². The van der Waals surface area contributed by atoms with Crippen molar-refractivity contribution < 1.29 is 41.1 Å². The summed E-state index contributed by atoms with van der Waals surface area (Å²) in [6.45, 7) is 0. The Labute approximate surface area is 317 Å². The average molecular weight is 731 g/mol. The summed E-state index contributed by atoms with van der Waals surface area (Å²) in [6.07, 6.45) is 0. The van der Waals surface area contributed by atoms with E-state index in [0.29, 0.717) is 4.57 Å². The van der Waals surface area contributed by atoms with E-state index in [1.165, 1.54) is 0 Å². The van der Waals surface area contributed by atoms with Gasteiger partial charge in [0.25, 0.3) is 0 Å². The maximum absolute atomic E-state index is 10.3. The Morgan fingerprint density at radius 2 is 0.978 bits per heavy atom. The summed E-state index contributed by atoms with van der Waals surface area (Å²) in [4.78, 5) is 0. The van der Waals surface area contributed by atoms with Crippen LogP contribution in [-0.4, -0.2) is 17.8 Å². The van der Waals surface area contributed by atoms with Crippen molar-refractivity contribution in [2.24, 2.45) is 0 Å². The molecule has 214 valence electrons. The van der Waals surface area contributed by atoms with Crippen LogP contribution in [0.3, 0.4) is 0 Å². The molecule has 1 aromatic heterocycles. The Kier molecular flexibility index (Phi) is 2.72. The van der Waals surface area contributed by atoms with Gasteiger partial charge in [0, 0.05) is 0 Å². The van der Waals surface area contributed by atoms with E-state index in [-0.39, 0.29) is 0 Å². The summed E-state index contributed by atoms with van der Waals surface area (Å²) in [5, 5.41) is -1.42. The average Bonchev–Trinajstić information content (AvgIpc) is 3.73. The number of halogens is 1. The fourth-order valence-corrected chi connectivity index (χ4v) is 13.3. The second-order valence-corrected chi connectivity index (χ2v) is 17.3. The molecule has 0 saturated heterocycles. The predicted molar refractivity (Wildman–Crippen MR) is 198 cm³/mol. The van der Waals surface area contributed by atoms with Crippen molar-refractivity contribution in [3.63, 3.8) is 0 Å². The molecule has 0 aliphatic heterocycles. The van der Waals surface area contributed by atoms with Crippen molar-refractivity contribution in [3.8, 4) is 16.8 Å². The van der Waals surface area contributed by atoms with Crippen LogP contribution >= 0.6 is 15.9 Å². The summed E-state index contributed by atoms with van der Waals surface area (Å²) >= 11 is -4.27. The number of aromatic nitrogens is 1. The Morgan fingerprint density at radius 1 is 0.422 bits per heavy atom. The van der Waals surface area contributed by atoms with Gasteiger partial charge in [-0.3, -0.25) is 0 Å². The Balaban J connectivity index is 1.80. The van der Waals surface area contributed by atoms with E-state index < -0.39 is 255 Å². The predicted octanol–water partition coefficient (Wildman–Crippen LogP) is 8.59. The van der Waals surface area contributed by atoms with Gasteiger partial charge in [0.05, 0.1) is 1.37 Å². The van der Waals surface area contributed by atoms with Crippen LogP contribution < -0.4 is 17.6 Å². The number of nitrogens with zero attached hydrogens (tertiary/aromatic N) is 1. The molecule has 45 heavy (non-hydrogen) atoms. The quantitative estimate of drug-likeness (QED) is 0.151. The van der Waals surface area contributed by atoms with E-state index in [4.69, 9.17) is 21.9 Å². The van der Waals surface area contributed by atoms with Crippen molar-refractivity contribution in [3.05, 3.63) is 186 Å². The summed E-state index contributed by atoms with van der Waals surface area (Å²) in [5.74, 6) is 0. The fraction of sp³-hybridized carbons (Fsp3) is 0. The third-order valence-corrected chi connectivity index (χ3v) is 15.6. The second-order valence-electron chi connectivity index (χ2n) is 9.20. The van der Waals surface area contributed by atoms with Crippen LogP contribution in [0.25, 0.3) is 38.6 Å². The molecule has 1 heterocycles. The zero-order valence-electron chi connectivity index (χ0n) is 52.3. The monoisotopic (exact) mass is 731 g/mol. The van der Waals surface area contributed by atoms with Crippen LogP contribution in [0.5, 0.6) is 0 Å². The molecule has 0 amide bonds. The fourth-order valence-electron chi connectivity index (χ4n) is 5.00. The first-order valence-electron chi connectivity index (χ1n) is 27.9. The van der Waals surface area contributed by atoms with E-state index in [0.717, 1.165) is 0 Å². The molecule has 8 aromatic rings. The first-order chi connectivity index (χ1) is 34.7. The SMILES string of the molecule is [2H]c1c([2H])c([2H])c(-c2c([2H])c([2H])c3c(c2[2H])c2c([2H])c([2H])c([2H])c([2H])c2n3-c2c([2H])c([2H])c([2H])[c]([Ge]([c]3c([2H])c([2H])c([2H])c([2H])c3[2H])([c]3c([2H])c([2H])c([2H])c([2H])c3[2H])[c]3c([2H])c([2H])c([2H])c(Br)c3[2H])c2[2H])c([2H])c1[2H]. The molecular weight excluding hydrogens is 671 g/mol. The number of fused-ring (bicyclic) bond motifs is 3. The van der Waals surface area contributed by atoms with Gasteiger partial charge in [-0.25, -0.2) is 0 Å². The summed E-state index contributed by atoms with van der Waals surface area (Å²) in [7, 11) is 0. The van der Waals surface area contributed by atoms with Crippen molar-refractivity contribution in [1.29, 1.82) is 0 Å². The molecule has 0 saturated carbocycles. The van der Waals surface area contributed by atoms with Gasteiger partial charge >= 0.3 is 315 Å². The van der Waals surface area contributed by atoms with Crippen LogP contribution in [0.4, 0.5) is 0 Å². The second kappa shape index (κ2) is 11.7. The van der Waals surface area contributed by atoms with Gasteiger partial charge in [-0.15, -0.1) is 0 Å². The molecule has 3 heteroatoms. The molecule has 0 aliphatic carbocycles. The molecule has 0 N–H and O–H groups in total. The molecule has 0 bridgehead atoms. The molecule has 0 atom stereocenters. The van der Waals surface area contributed by atoms with E-state index in [1.807, 2.05) is 0 Å².